The van der Waals surface area contributed by atoms with Crippen molar-refractivity contribution in [2.24, 2.45) is 0 Å². The summed E-state index contributed by atoms with van der Waals surface area (Å²) in [7, 11) is 2.39. The van der Waals surface area contributed by atoms with Gasteiger partial charge >= 0.3 is 11.9 Å². The summed E-state index contributed by atoms with van der Waals surface area (Å²) in [6.45, 7) is 3.06. The number of carbonyl (C=O) groups is 3. The Morgan fingerprint density at radius 3 is 2.26 bits per heavy atom. The number of aryl methyl sites for hydroxylation is 1. The second-order valence-corrected chi connectivity index (χ2v) is 6.48. The first-order valence-corrected chi connectivity index (χ1v) is 8.39. The van der Waals surface area contributed by atoms with Crippen molar-refractivity contribution in [2.75, 3.05) is 19.5 Å². The normalized spacial score (nSPS) is 10.2. The van der Waals surface area contributed by atoms with Crippen LogP contribution in [0.2, 0.25) is 0 Å². The van der Waals surface area contributed by atoms with Gasteiger partial charge in [-0.15, -0.1) is 11.3 Å². The molecule has 0 fully saturated rings. The van der Waals surface area contributed by atoms with Gasteiger partial charge in [-0.05, 0) is 31.5 Å². The first kappa shape index (κ1) is 20.0. The zero-order chi connectivity index (χ0) is 20.3. The average molecular weight is 392 g/mol. The second-order valence-electron chi connectivity index (χ2n) is 5.46. The van der Waals surface area contributed by atoms with E-state index in [2.05, 4.69) is 10.1 Å². The van der Waals surface area contributed by atoms with Gasteiger partial charge < -0.3 is 14.8 Å². The van der Waals surface area contributed by atoms with Gasteiger partial charge in [-0.25, -0.2) is 9.59 Å². The number of hydrogen-bond donors (Lipinski definition) is 1. The van der Waals surface area contributed by atoms with E-state index in [1.165, 1.54) is 39.3 Å². The highest BCUT2D eigenvalue weighted by molar-refractivity contribution is 7.18. The van der Waals surface area contributed by atoms with E-state index in [0.717, 1.165) is 11.3 Å². The number of nitro benzene ring substituents is 1. The number of amides is 1. The number of carbonyl (C=O) groups excluding carboxylic acids is 3. The van der Waals surface area contributed by atoms with E-state index in [-0.39, 0.29) is 26.7 Å². The smallest absolute Gasteiger partial charge is 0.348 e. The van der Waals surface area contributed by atoms with Gasteiger partial charge in [-0.3, -0.25) is 14.9 Å². The van der Waals surface area contributed by atoms with Gasteiger partial charge in [0.05, 0.1) is 24.7 Å². The predicted octanol–water partition coefficient (Wildman–Crippen LogP) is 3.10. The maximum Gasteiger partial charge on any atom is 0.348 e. The van der Waals surface area contributed by atoms with Gasteiger partial charge in [0.15, 0.2) is 0 Å². The Bertz CT molecular complexity index is 949. The van der Waals surface area contributed by atoms with E-state index >= 15 is 0 Å². The van der Waals surface area contributed by atoms with Crippen molar-refractivity contribution in [2.45, 2.75) is 13.8 Å². The maximum absolute atomic E-state index is 12.5. The van der Waals surface area contributed by atoms with E-state index < -0.39 is 22.8 Å². The van der Waals surface area contributed by atoms with Gasteiger partial charge in [-0.2, -0.15) is 0 Å². The van der Waals surface area contributed by atoms with Crippen molar-refractivity contribution in [1.29, 1.82) is 0 Å². The highest BCUT2D eigenvalue weighted by Gasteiger charge is 2.27. The number of nitrogens with one attached hydrogen (secondary N) is 1. The molecule has 0 aliphatic rings. The fourth-order valence-electron chi connectivity index (χ4n) is 2.41. The number of anilines is 1. The van der Waals surface area contributed by atoms with Crippen LogP contribution in [0, 0.1) is 24.0 Å². The van der Waals surface area contributed by atoms with Crippen LogP contribution in [0.4, 0.5) is 10.7 Å². The molecule has 142 valence electrons. The monoisotopic (exact) mass is 392 g/mol. The Kier molecular flexibility index (Phi) is 5.91. The van der Waals surface area contributed by atoms with E-state index in [4.69, 9.17) is 4.74 Å². The molecule has 0 aliphatic carbocycles. The van der Waals surface area contributed by atoms with Crippen LogP contribution in [0.15, 0.2) is 18.2 Å². The highest BCUT2D eigenvalue weighted by atomic mass is 32.1. The summed E-state index contributed by atoms with van der Waals surface area (Å²) in [6.07, 6.45) is 0. The van der Waals surface area contributed by atoms with Crippen LogP contribution in [-0.2, 0) is 9.47 Å². The number of nitro groups is 1. The third-order valence-electron chi connectivity index (χ3n) is 3.79. The highest BCUT2D eigenvalue weighted by Crippen LogP contribution is 2.34. The molecule has 0 atom stereocenters. The summed E-state index contributed by atoms with van der Waals surface area (Å²) in [5.41, 5.74) is 0.753. The van der Waals surface area contributed by atoms with E-state index in [9.17, 15) is 24.5 Å². The van der Waals surface area contributed by atoms with E-state index in [0.29, 0.717) is 11.1 Å². The molecule has 0 aliphatic heterocycles. The van der Waals surface area contributed by atoms with Crippen LogP contribution < -0.4 is 5.32 Å². The molecular formula is C17H16N2O7S. The molecule has 1 heterocycles. The van der Waals surface area contributed by atoms with Crippen LogP contribution >= 0.6 is 11.3 Å². The van der Waals surface area contributed by atoms with Gasteiger partial charge in [0.1, 0.15) is 9.88 Å². The third-order valence-corrected chi connectivity index (χ3v) is 4.98. The topological polar surface area (TPSA) is 125 Å². The Labute approximate surface area is 158 Å². The Hall–Kier alpha value is -3.27. The Morgan fingerprint density at radius 1 is 1.11 bits per heavy atom. The van der Waals surface area contributed by atoms with Crippen LogP contribution in [0.3, 0.4) is 0 Å². The number of benzene rings is 1. The quantitative estimate of drug-likeness (QED) is 0.471. The number of rotatable bonds is 5. The molecular weight excluding hydrogens is 376 g/mol. The molecule has 1 aromatic heterocycles. The van der Waals surface area contributed by atoms with Crippen molar-refractivity contribution in [3.05, 3.63) is 55.4 Å². The van der Waals surface area contributed by atoms with Gasteiger partial charge in [0, 0.05) is 17.2 Å². The molecule has 27 heavy (non-hydrogen) atoms. The van der Waals surface area contributed by atoms with Crippen LogP contribution in [0.25, 0.3) is 0 Å². The van der Waals surface area contributed by atoms with Crippen molar-refractivity contribution < 1.29 is 28.8 Å². The first-order valence-electron chi connectivity index (χ1n) is 7.57. The molecule has 9 nitrogen and oxygen atoms in total. The molecule has 1 N–H and O–H groups in total. The van der Waals surface area contributed by atoms with Gasteiger partial charge in [0.2, 0.25) is 0 Å². The van der Waals surface area contributed by atoms with Crippen molar-refractivity contribution in [3.63, 3.8) is 0 Å². The number of esters is 2. The molecule has 1 amide bonds. The van der Waals surface area contributed by atoms with Crippen molar-refractivity contribution in [3.8, 4) is 0 Å². The molecule has 0 saturated carbocycles. The van der Waals surface area contributed by atoms with E-state index in [1.807, 2.05) is 0 Å². The standard InChI is InChI=1S/C17H16N2O7S/c1-8-7-10(5-6-11(8)19(23)24)14(20)18-15-12(16(21)25-3)9(2)13(27-15)17(22)26-4/h5-7H,1-4H3,(H,18,20). The first-order chi connectivity index (χ1) is 12.7. The Balaban J connectivity index is 2.42. The molecule has 0 radical (unpaired) electrons. The molecule has 0 saturated heterocycles. The molecule has 10 heteroatoms. The molecule has 0 unspecified atom stereocenters. The second kappa shape index (κ2) is 7.96. The minimum absolute atomic E-state index is 0.0508. The number of hydrogen-bond acceptors (Lipinski definition) is 8. The van der Waals surface area contributed by atoms with Crippen LogP contribution in [-0.4, -0.2) is 37.0 Å². The summed E-state index contributed by atoms with van der Waals surface area (Å²) in [4.78, 5) is 47.0. The lowest BCUT2D eigenvalue weighted by Gasteiger charge is -2.07. The summed E-state index contributed by atoms with van der Waals surface area (Å²) in [5.74, 6) is -1.95. The number of methoxy groups -OCH3 is 2. The van der Waals surface area contributed by atoms with Crippen LogP contribution in [0.1, 0.15) is 41.5 Å². The number of nitrogens with zero attached hydrogens (tertiary/aromatic N) is 1. The molecule has 2 aromatic rings. The van der Waals surface area contributed by atoms with Crippen molar-refractivity contribution >= 4 is 39.9 Å². The zero-order valence-corrected chi connectivity index (χ0v) is 15.8. The summed E-state index contributed by atoms with van der Waals surface area (Å²) in [5, 5.41) is 13.6. The lowest BCUT2D eigenvalue weighted by molar-refractivity contribution is -0.385. The molecule has 0 spiro atoms. The minimum atomic E-state index is -0.714. The summed E-state index contributed by atoms with van der Waals surface area (Å²) >= 11 is 0.882. The summed E-state index contributed by atoms with van der Waals surface area (Å²) in [6, 6.07) is 3.90. The SMILES string of the molecule is COC(=O)c1sc(NC(=O)c2ccc([N+](=O)[O-])c(C)c2)c(C(=O)OC)c1C. The van der Waals surface area contributed by atoms with Crippen molar-refractivity contribution in [1.82, 2.24) is 0 Å². The zero-order valence-electron chi connectivity index (χ0n) is 14.9. The molecule has 0 bridgehead atoms. The molecule has 2 rings (SSSR count). The summed E-state index contributed by atoms with van der Waals surface area (Å²) < 4.78 is 9.40. The maximum atomic E-state index is 12.5. The average Bonchev–Trinajstić information content (AvgIpc) is 2.95. The third kappa shape index (κ3) is 3.95. The van der Waals surface area contributed by atoms with Gasteiger partial charge in [-0.1, -0.05) is 0 Å². The largest absolute Gasteiger partial charge is 0.465 e. The fourth-order valence-corrected chi connectivity index (χ4v) is 3.52. The fraction of sp³-hybridized carbons (Fsp3) is 0.235. The Morgan fingerprint density at radius 2 is 1.74 bits per heavy atom. The minimum Gasteiger partial charge on any atom is -0.465 e. The predicted molar refractivity (Wildman–Crippen MR) is 97.5 cm³/mol. The lowest BCUT2D eigenvalue weighted by atomic mass is 10.1. The van der Waals surface area contributed by atoms with Crippen LogP contribution in [0.5, 0.6) is 0 Å². The number of thiophene rings is 1. The molecule has 1 aromatic carbocycles. The van der Waals surface area contributed by atoms with Gasteiger partial charge in [0.25, 0.3) is 11.6 Å². The van der Waals surface area contributed by atoms with E-state index in [1.54, 1.807) is 6.92 Å². The lowest BCUT2D eigenvalue weighted by Crippen LogP contribution is -2.14. The number of ether oxygens (including phenoxy) is 2.